The van der Waals surface area contributed by atoms with Crippen molar-refractivity contribution in [1.29, 1.82) is 0 Å². The molecule has 1 N–H and O–H groups in total. The molecule has 2 heterocycles. The van der Waals surface area contributed by atoms with Crippen LogP contribution in [0, 0.1) is 5.92 Å². The maximum Gasteiger partial charge on any atom is 0.573 e. The normalized spacial score (nSPS) is 22.6. The van der Waals surface area contributed by atoms with Crippen molar-refractivity contribution in [3.05, 3.63) is 42.6 Å². The number of benzene rings is 1. The molecule has 4 rings (SSSR count). The van der Waals surface area contributed by atoms with Crippen LogP contribution in [0.3, 0.4) is 0 Å². The number of anilines is 3. The van der Waals surface area contributed by atoms with Crippen molar-refractivity contribution in [3.63, 3.8) is 0 Å². The van der Waals surface area contributed by atoms with E-state index in [-0.39, 0.29) is 23.1 Å². The van der Waals surface area contributed by atoms with E-state index in [2.05, 4.69) is 14.4 Å². The molecule has 2 fully saturated rings. The van der Waals surface area contributed by atoms with Crippen molar-refractivity contribution in [2.45, 2.75) is 25.2 Å². The molecule has 1 aromatic carbocycles. The number of alkyl halides is 3. The van der Waals surface area contributed by atoms with Gasteiger partial charge in [-0.15, -0.1) is 13.2 Å². The number of hydrogen-bond acceptors (Lipinski definition) is 6. The molecule has 10 nitrogen and oxygen atoms in total. The Hall–Kier alpha value is -3.39. The molecule has 2 unspecified atom stereocenters. The third-order valence-electron chi connectivity index (χ3n) is 5.67. The van der Waals surface area contributed by atoms with Gasteiger partial charge in [0.2, 0.25) is 0 Å². The summed E-state index contributed by atoms with van der Waals surface area (Å²) in [7, 11) is -1.20. The summed E-state index contributed by atoms with van der Waals surface area (Å²) in [6, 6.07) is 6.48. The maximum absolute atomic E-state index is 13.4. The molecule has 34 heavy (non-hydrogen) atoms. The van der Waals surface area contributed by atoms with Crippen LogP contribution in [0.4, 0.5) is 35.2 Å². The van der Waals surface area contributed by atoms with Crippen LogP contribution in [0.5, 0.6) is 5.75 Å². The molecular formula is C20H20F3N5O5S. The van der Waals surface area contributed by atoms with Crippen LogP contribution in [0.2, 0.25) is 0 Å². The molecule has 1 aliphatic heterocycles. The van der Waals surface area contributed by atoms with Crippen LogP contribution in [-0.2, 0) is 15.0 Å². The van der Waals surface area contributed by atoms with Crippen molar-refractivity contribution in [3.8, 4) is 5.75 Å². The number of imide groups is 1. The van der Waals surface area contributed by atoms with E-state index in [1.165, 1.54) is 49.5 Å². The van der Waals surface area contributed by atoms with Gasteiger partial charge in [-0.05, 0) is 42.7 Å². The van der Waals surface area contributed by atoms with Crippen LogP contribution in [-0.4, -0.2) is 55.6 Å². The highest BCUT2D eigenvalue weighted by Gasteiger charge is 2.70. The van der Waals surface area contributed by atoms with E-state index in [0.717, 1.165) is 21.3 Å². The first-order chi connectivity index (χ1) is 15.8. The second kappa shape index (κ2) is 7.84. The summed E-state index contributed by atoms with van der Waals surface area (Å²) in [5.41, 5.74) is -0.862. The summed E-state index contributed by atoms with van der Waals surface area (Å²) in [4.78, 5) is 32.9. The number of hydrogen-bond donors (Lipinski definition) is 1. The second-order valence-electron chi connectivity index (χ2n) is 8.12. The number of urea groups is 1. The third-order valence-corrected chi connectivity index (χ3v) is 7.10. The fraction of sp³-hybridized carbons (Fsp3) is 0.350. The molecule has 1 aromatic heterocycles. The number of nitrogens with zero attached hydrogens (tertiary/aromatic N) is 4. The van der Waals surface area contributed by atoms with Gasteiger partial charge in [0.1, 0.15) is 17.1 Å². The topological polar surface area (TPSA) is 112 Å². The molecule has 0 radical (unpaired) electrons. The highest BCUT2D eigenvalue weighted by Crippen LogP contribution is 2.55. The quantitative estimate of drug-likeness (QED) is 0.612. The summed E-state index contributed by atoms with van der Waals surface area (Å²) in [6.45, 7) is 1.79. The minimum Gasteiger partial charge on any atom is -0.406 e. The summed E-state index contributed by atoms with van der Waals surface area (Å²) >= 11 is 0. The first-order valence-electron chi connectivity index (χ1n) is 9.97. The Balaban J connectivity index is 1.67. The smallest absolute Gasteiger partial charge is 0.406 e. The van der Waals surface area contributed by atoms with Gasteiger partial charge in [0, 0.05) is 26.4 Å². The Bertz CT molecular complexity index is 1250. The average Bonchev–Trinajstić information content (AvgIpc) is 3.33. The lowest BCUT2D eigenvalue weighted by Gasteiger charge is -2.23. The van der Waals surface area contributed by atoms with Gasteiger partial charge in [-0.25, -0.2) is 14.7 Å². The number of carbonyl (C=O) groups excluding carboxylic acids is 2. The van der Waals surface area contributed by atoms with E-state index >= 15 is 0 Å². The largest absolute Gasteiger partial charge is 0.573 e. The van der Waals surface area contributed by atoms with E-state index in [0.29, 0.717) is 6.42 Å². The van der Waals surface area contributed by atoms with Crippen molar-refractivity contribution in [1.82, 2.24) is 9.29 Å². The molecule has 182 valence electrons. The van der Waals surface area contributed by atoms with Crippen LogP contribution < -0.4 is 19.3 Å². The monoisotopic (exact) mass is 499 g/mol. The lowest BCUT2D eigenvalue weighted by Crippen LogP contribution is -2.39. The minimum absolute atomic E-state index is 0.0537. The second-order valence-corrected chi connectivity index (χ2v) is 10.0. The zero-order valence-electron chi connectivity index (χ0n) is 18.2. The Morgan fingerprint density at radius 2 is 1.76 bits per heavy atom. The highest BCUT2D eigenvalue weighted by molar-refractivity contribution is 7.90. The molecule has 3 amide bonds. The Kier molecular flexibility index (Phi) is 5.48. The van der Waals surface area contributed by atoms with Gasteiger partial charge in [0.15, 0.2) is 0 Å². The summed E-state index contributed by atoms with van der Waals surface area (Å²) < 4.78 is 68.7. The number of rotatable bonds is 6. The van der Waals surface area contributed by atoms with Crippen molar-refractivity contribution >= 4 is 39.3 Å². The van der Waals surface area contributed by atoms with Gasteiger partial charge in [-0.2, -0.15) is 12.7 Å². The van der Waals surface area contributed by atoms with Gasteiger partial charge < -0.3 is 4.74 Å². The number of pyridine rings is 1. The van der Waals surface area contributed by atoms with E-state index in [1.807, 2.05) is 0 Å². The van der Waals surface area contributed by atoms with Crippen molar-refractivity contribution < 1.29 is 35.9 Å². The van der Waals surface area contributed by atoms with Gasteiger partial charge in [0.05, 0.1) is 11.4 Å². The SMILES string of the molecule is CC1CC12C(=O)N(c1ccc(OC(F)(F)F)cc1)C(=O)N2c1ccnc(NS(=O)(=O)N(C)C)c1. The van der Waals surface area contributed by atoms with E-state index < -0.39 is 39.8 Å². The molecule has 0 bridgehead atoms. The Morgan fingerprint density at radius 1 is 1.15 bits per heavy atom. The van der Waals surface area contributed by atoms with Crippen LogP contribution in [0.25, 0.3) is 0 Å². The lowest BCUT2D eigenvalue weighted by atomic mass is 10.1. The fourth-order valence-corrected chi connectivity index (χ4v) is 4.43. The average molecular weight is 499 g/mol. The zero-order valence-corrected chi connectivity index (χ0v) is 19.0. The highest BCUT2D eigenvalue weighted by atomic mass is 32.2. The molecule has 2 aromatic rings. The summed E-state index contributed by atoms with van der Waals surface area (Å²) in [5.74, 6) is -1.27. The maximum atomic E-state index is 13.4. The molecule has 1 aliphatic carbocycles. The molecule has 1 saturated carbocycles. The Labute approximate surface area is 193 Å². The van der Waals surface area contributed by atoms with Crippen LogP contribution in [0.1, 0.15) is 13.3 Å². The molecule has 1 spiro atoms. The van der Waals surface area contributed by atoms with E-state index in [1.54, 1.807) is 6.92 Å². The fourth-order valence-electron chi connectivity index (χ4n) is 3.87. The number of carbonyl (C=O) groups is 2. The number of ether oxygens (including phenoxy) is 1. The summed E-state index contributed by atoms with van der Waals surface area (Å²) in [5, 5.41) is 0. The number of amides is 3. The van der Waals surface area contributed by atoms with Gasteiger partial charge in [0.25, 0.3) is 5.91 Å². The van der Waals surface area contributed by atoms with Crippen molar-refractivity contribution in [2.75, 3.05) is 28.6 Å². The summed E-state index contributed by atoms with van der Waals surface area (Å²) in [6.07, 6.45) is -3.21. The van der Waals surface area contributed by atoms with Crippen LogP contribution in [0.15, 0.2) is 42.6 Å². The molecule has 1 saturated heterocycles. The molecular weight excluding hydrogens is 479 g/mol. The third kappa shape index (κ3) is 4.03. The predicted octanol–water partition coefficient (Wildman–Crippen LogP) is 2.95. The zero-order chi connectivity index (χ0) is 25.1. The molecule has 2 aliphatic rings. The molecule has 2 atom stereocenters. The Morgan fingerprint density at radius 3 is 2.29 bits per heavy atom. The van der Waals surface area contributed by atoms with Gasteiger partial charge in [-0.3, -0.25) is 14.4 Å². The van der Waals surface area contributed by atoms with Crippen LogP contribution >= 0.6 is 0 Å². The number of nitrogens with one attached hydrogen (secondary N) is 1. The number of halogens is 3. The minimum atomic E-state index is -4.88. The molecule has 14 heteroatoms. The number of aromatic nitrogens is 1. The first-order valence-corrected chi connectivity index (χ1v) is 11.4. The lowest BCUT2D eigenvalue weighted by molar-refractivity contribution is -0.274. The van der Waals surface area contributed by atoms with Crippen molar-refractivity contribution in [2.24, 2.45) is 5.92 Å². The van der Waals surface area contributed by atoms with E-state index in [9.17, 15) is 31.2 Å². The van der Waals surface area contributed by atoms with Gasteiger partial charge >= 0.3 is 22.6 Å². The first kappa shape index (κ1) is 23.8. The van der Waals surface area contributed by atoms with E-state index in [4.69, 9.17) is 0 Å². The predicted molar refractivity (Wildman–Crippen MR) is 115 cm³/mol. The van der Waals surface area contributed by atoms with Gasteiger partial charge in [-0.1, -0.05) is 6.92 Å². The standard InChI is InChI=1S/C20H20F3N5O5S/c1-12-11-19(12)17(29)27(13-4-6-15(7-5-13)33-20(21,22)23)18(30)28(19)14-8-9-24-16(10-14)25-34(31,32)26(2)3/h4-10,12H,11H2,1-3H3,(H,24,25).